The molecule has 3 N–H and O–H groups in total. The quantitative estimate of drug-likeness (QED) is 0.288. The first-order valence-corrected chi connectivity index (χ1v) is 5.53. The molecule has 0 saturated carbocycles. The van der Waals surface area contributed by atoms with Gasteiger partial charge in [-0.1, -0.05) is 0 Å². The molecule has 0 saturated heterocycles. The molecule has 1 aromatic carbocycles. The monoisotopic (exact) mass is 256 g/mol. The number of esters is 1. The molecule has 2 rings (SSSR count). The van der Waals surface area contributed by atoms with E-state index in [4.69, 9.17) is 20.3 Å². The molecular formula is C14H12N2O3. The third-order valence-electron chi connectivity index (χ3n) is 2.31. The predicted octanol–water partition coefficient (Wildman–Crippen LogP) is 2.18. The van der Waals surface area contributed by atoms with Crippen LogP contribution in [0.2, 0.25) is 0 Å². The third-order valence-corrected chi connectivity index (χ3v) is 2.31. The highest BCUT2D eigenvalue weighted by atomic mass is 16.5. The fraction of sp³-hybridized carbons (Fsp3) is 0. The van der Waals surface area contributed by atoms with Gasteiger partial charge in [0.05, 0.1) is 6.26 Å². The first-order chi connectivity index (χ1) is 9.15. The van der Waals surface area contributed by atoms with Crippen LogP contribution in [0, 0.1) is 5.41 Å². The molecule has 0 aliphatic rings. The Morgan fingerprint density at radius 2 is 2.00 bits per heavy atom. The number of nitrogen functional groups attached to an aromatic ring is 1. The van der Waals surface area contributed by atoms with E-state index < -0.39 is 5.97 Å². The minimum absolute atomic E-state index is 0.0319. The van der Waals surface area contributed by atoms with E-state index in [-0.39, 0.29) is 5.84 Å². The van der Waals surface area contributed by atoms with E-state index in [2.05, 4.69) is 0 Å². The zero-order valence-electron chi connectivity index (χ0n) is 10.00. The summed E-state index contributed by atoms with van der Waals surface area (Å²) in [7, 11) is 0. The molecular weight excluding hydrogens is 244 g/mol. The number of hydrogen-bond acceptors (Lipinski definition) is 4. The van der Waals surface area contributed by atoms with Gasteiger partial charge in [0.1, 0.15) is 17.3 Å². The molecule has 0 bridgehead atoms. The second-order valence-corrected chi connectivity index (χ2v) is 3.71. The lowest BCUT2D eigenvalue weighted by atomic mass is 10.2. The minimum Gasteiger partial charge on any atom is -0.465 e. The lowest BCUT2D eigenvalue weighted by Gasteiger charge is -2.02. The van der Waals surface area contributed by atoms with E-state index in [1.807, 2.05) is 0 Å². The highest BCUT2D eigenvalue weighted by Gasteiger charge is 2.02. The number of hydrogen-bond donors (Lipinski definition) is 2. The largest absolute Gasteiger partial charge is 0.465 e. The van der Waals surface area contributed by atoms with Gasteiger partial charge < -0.3 is 14.9 Å². The van der Waals surface area contributed by atoms with Crippen LogP contribution < -0.4 is 10.5 Å². The molecule has 1 heterocycles. The molecule has 96 valence electrons. The van der Waals surface area contributed by atoms with Gasteiger partial charge in [-0.15, -0.1) is 0 Å². The number of benzene rings is 1. The zero-order valence-corrected chi connectivity index (χ0v) is 10.00. The molecule has 5 nitrogen and oxygen atoms in total. The number of ether oxygens (including phenoxy) is 1. The lowest BCUT2D eigenvalue weighted by Crippen LogP contribution is -2.11. The van der Waals surface area contributed by atoms with Crippen molar-refractivity contribution in [1.82, 2.24) is 0 Å². The average Bonchev–Trinajstić information content (AvgIpc) is 2.90. The van der Waals surface area contributed by atoms with Crippen LogP contribution in [0.25, 0.3) is 6.08 Å². The molecule has 0 amide bonds. The van der Waals surface area contributed by atoms with Gasteiger partial charge in [-0.25, -0.2) is 4.79 Å². The van der Waals surface area contributed by atoms with Crippen molar-refractivity contribution in [3.05, 3.63) is 60.1 Å². The Bertz CT molecular complexity index is 598. The van der Waals surface area contributed by atoms with Gasteiger partial charge in [-0.05, 0) is 42.5 Å². The third kappa shape index (κ3) is 3.57. The van der Waals surface area contributed by atoms with Crippen LogP contribution in [0.3, 0.4) is 0 Å². The second kappa shape index (κ2) is 5.68. The van der Waals surface area contributed by atoms with Crippen molar-refractivity contribution in [2.45, 2.75) is 0 Å². The molecule has 0 aliphatic carbocycles. The first kappa shape index (κ1) is 12.6. The van der Waals surface area contributed by atoms with Crippen molar-refractivity contribution >= 4 is 17.9 Å². The van der Waals surface area contributed by atoms with E-state index in [0.717, 1.165) is 0 Å². The van der Waals surface area contributed by atoms with Gasteiger partial charge in [0, 0.05) is 11.6 Å². The Labute approximate surface area is 109 Å². The molecule has 2 aromatic rings. The van der Waals surface area contributed by atoms with E-state index >= 15 is 0 Å². The normalized spacial score (nSPS) is 10.5. The molecule has 19 heavy (non-hydrogen) atoms. The minimum atomic E-state index is -0.507. The molecule has 0 spiro atoms. The van der Waals surface area contributed by atoms with E-state index in [1.165, 1.54) is 18.4 Å². The number of rotatable bonds is 4. The molecule has 1 aromatic heterocycles. The van der Waals surface area contributed by atoms with Crippen LogP contribution in [0.4, 0.5) is 0 Å². The van der Waals surface area contributed by atoms with E-state index in [9.17, 15) is 4.79 Å². The highest BCUT2D eigenvalue weighted by molar-refractivity contribution is 5.95. The summed E-state index contributed by atoms with van der Waals surface area (Å²) in [6.07, 6.45) is 4.31. The van der Waals surface area contributed by atoms with Crippen molar-refractivity contribution < 1.29 is 13.9 Å². The Balaban J connectivity index is 1.97. The predicted molar refractivity (Wildman–Crippen MR) is 70.8 cm³/mol. The van der Waals surface area contributed by atoms with Gasteiger partial charge >= 0.3 is 5.97 Å². The van der Waals surface area contributed by atoms with E-state index in [1.54, 1.807) is 36.4 Å². The number of furan rings is 1. The van der Waals surface area contributed by atoms with Crippen molar-refractivity contribution in [3.8, 4) is 5.75 Å². The Hall–Kier alpha value is -2.82. The SMILES string of the molecule is N=C(N)c1ccc(OC(=O)/C=C/c2ccco2)cc1. The highest BCUT2D eigenvalue weighted by Crippen LogP contribution is 2.12. The number of carbonyl (C=O) groups excluding carboxylic acids is 1. The van der Waals surface area contributed by atoms with E-state index in [0.29, 0.717) is 17.1 Å². The topological polar surface area (TPSA) is 89.3 Å². The summed E-state index contributed by atoms with van der Waals surface area (Å²) >= 11 is 0. The van der Waals surface area contributed by atoms with Crippen LogP contribution in [0.15, 0.2) is 53.2 Å². The maximum atomic E-state index is 11.5. The smallest absolute Gasteiger partial charge is 0.336 e. The summed E-state index contributed by atoms with van der Waals surface area (Å²) in [6, 6.07) is 9.84. The fourth-order valence-electron chi connectivity index (χ4n) is 1.39. The van der Waals surface area contributed by atoms with Crippen LogP contribution in [0.1, 0.15) is 11.3 Å². The first-order valence-electron chi connectivity index (χ1n) is 5.53. The van der Waals surface area contributed by atoms with Crippen molar-refractivity contribution in [3.63, 3.8) is 0 Å². The summed E-state index contributed by atoms with van der Waals surface area (Å²) in [6.45, 7) is 0. The van der Waals surface area contributed by atoms with Crippen molar-refractivity contribution in [1.29, 1.82) is 5.41 Å². The number of amidine groups is 1. The number of nitrogens with one attached hydrogen (secondary N) is 1. The molecule has 0 atom stereocenters. The summed E-state index contributed by atoms with van der Waals surface area (Å²) in [5.41, 5.74) is 5.90. The molecule has 0 radical (unpaired) electrons. The summed E-state index contributed by atoms with van der Waals surface area (Å²) in [5, 5.41) is 7.24. The zero-order chi connectivity index (χ0) is 13.7. The lowest BCUT2D eigenvalue weighted by molar-refractivity contribution is -0.128. The van der Waals surface area contributed by atoms with Gasteiger partial charge in [0.25, 0.3) is 0 Å². The van der Waals surface area contributed by atoms with Crippen molar-refractivity contribution in [2.75, 3.05) is 0 Å². The summed E-state index contributed by atoms with van der Waals surface area (Å²) in [4.78, 5) is 11.5. The van der Waals surface area contributed by atoms with Crippen LogP contribution in [0.5, 0.6) is 5.75 Å². The number of carbonyl (C=O) groups is 1. The average molecular weight is 256 g/mol. The maximum absolute atomic E-state index is 11.5. The molecule has 0 fully saturated rings. The van der Waals surface area contributed by atoms with Crippen molar-refractivity contribution in [2.24, 2.45) is 5.73 Å². The molecule has 0 aliphatic heterocycles. The Morgan fingerprint density at radius 1 is 1.26 bits per heavy atom. The maximum Gasteiger partial charge on any atom is 0.336 e. The van der Waals surface area contributed by atoms with Crippen LogP contribution in [-0.2, 0) is 4.79 Å². The summed E-state index contributed by atoms with van der Waals surface area (Å²) in [5.74, 6) is 0.422. The standard InChI is InChI=1S/C14H12N2O3/c15-14(16)10-3-5-12(6-4-10)19-13(17)8-7-11-2-1-9-18-11/h1-9H,(H3,15,16)/b8-7+. The second-order valence-electron chi connectivity index (χ2n) is 3.71. The molecule has 5 heteroatoms. The summed E-state index contributed by atoms with van der Waals surface area (Å²) < 4.78 is 10.1. The van der Waals surface area contributed by atoms with Gasteiger partial charge in [-0.3, -0.25) is 5.41 Å². The molecule has 0 unspecified atom stereocenters. The number of nitrogens with two attached hydrogens (primary N) is 1. The Morgan fingerprint density at radius 3 is 2.58 bits per heavy atom. The van der Waals surface area contributed by atoms with Crippen LogP contribution >= 0.6 is 0 Å². The van der Waals surface area contributed by atoms with Gasteiger partial charge in [-0.2, -0.15) is 0 Å². The fourth-order valence-corrected chi connectivity index (χ4v) is 1.39. The van der Waals surface area contributed by atoms with Gasteiger partial charge in [0.2, 0.25) is 0 Å². The van der Waals surface area contributed by atoms with Gasteiger partial charge in [0.15, 0.2) is 0 Å². The Kier molecular flexibility index (Phi) is 3.78. The van der Waals surface area contributed by atoms with Crippen LogP contribution in [-0.4, -0.2) is 11.8 Å².